The van der Waals surface area contributed by atoms with E-state index in [0.29, 0.717) is 0 Å². The lowest BCUT2D eigenvalue weighted by molar-refractivity contribution is -0.165. The third-order valence-electron chi connectivity index (χ3n) is 2.51. The largest absolute Gasteiger partial charge is 0.458 e. The topological polar surface area (TPSA) is 58.6 Å². The van der Waals surface area contributed by atoms with Gasteiger partial charge in [-0.2, -0.15) is 0 Å². The molecule has 1 aliphatic rings. The van der Waals surface area contributed by atoms with Crippen molar-refractivity contribution in [3.8, 4) is 12.3 Å². The van der Waals surface area contributed by atoms with E-state index in [4.69, 9.17) is 11.2 Å². The Morgan fingerprint density at radius 2 is 2.24 bits per heavy atom. The Balaban J connectivity index is 2.90. The molecule has 0 aromatic heterocycles. The number of hydrogen-bond donors (Lipinski definition) is 1. The fourth-order valence-electron chi connectivity index (χ4n) is 1.57. The van der Waals surface area contributed by atoms with Gasteiger partial charge in [-0.05, 0) is 27.7 Å². The van der Waals surface area contributed by atoms with Crippen LogP contribution in [0.25, 0.3) is 0 Å². The maximum absolute atomic E-state index is 12.1. The Labute approximate surface area is 101 Å². The van der Waals surface area contributed by atoms with Crippen LogP contribution >= 0.6 is 0 Å². The highest BCUT2D eigenvalue weighted by atomic mass is 16.6. The number of urea groups is 1. The second-order valence-corrected chi connectivity index (χ2v) is 5.22. The number of carbonyl (C=O) groups excluding carboxylic acids is 2. The summed E-state index contributed by atoms with van der Waals surface area (Å²) < 4.78 is 5.31. The fraction of sp³-hybridized carbons (Fsp3) is 0.667. The maximum atomic E-state index is 12.1. The average molecular weight is 238 g/mol. The quantitative estimate of drug-likeness (QED) is 0.570. The summed E-state index contributed by atoms with van der Waals surface area (Å²) in [4.78, 5) is 25.0. The van der Waals surface area contributed by atoms with Gasteiger partial charge in [0.05, 0.1) is 13.1 Å². The summed E-state index contributed by atoms with van der Waals surface area (Å²) in [7, 11) is 0. The van der Waals surface area contributed by atoms with Crippen LogP contribution in [0.3, 0.4) is 0 Å². The number of amides is 2. The number of ether oxygens (including phenoxy) is 1. The average Bonchev–Trinajstić information content (AvgIpc) is 2.45. The van der Waals surface area contributed by atoms with Crippen molar-refractivity contribution in [2.75, 3.05) is 13.1 Å². The molecule has 1 fully saturated rings. The van der Waals surface area contributed by atoms with Crippen molar-refractivity contribution in [1.29, 1.82) is 0 Å². The third-order valence-corrected chi connectivity index (χ3v) is 2.51. The first-order chi connectivity index (χ1) is 7.70. The predicted octanol–water partition coefficient (Wildman–Crippen LogP) is 0.745. The van der Waals surface area contributed by atoms with Crippen molar-refractivity contribution in [2.45, 2.75) is 38.8 Å². The van der Waals surface area contributed by atoms with Gasteiger partial charge in [-0.3, -0.25) is 4.90 Å². The van der Waals surface area contributed by atoms with Gasteiger partial charge in [-0.1, -0.05) is 5.92 Å². The molecule has 1 aliphatic heterocycles. The highest BCUT2D eigenvalue weighted by molar-refractivity contribution is 5.91. The number of carbonyl (C=O) groups is 2. The Morgan fingerprint density at radius 3 is 2.71 bits per heavy atom. The van der Waals surface area contributed by atoms with Crippen LogP contribution in [0.2, 0.25) is 0 Å². The zero-order valence-corrected chi connectivity index (χ0v) is 10.7. The van der Waals surface area contributed by atoms with Crippen molar-refractivity contribution in [3.63, 3.8) is 0 Å². The van der Waals surface area contributed by atoms with E-state index in [1.165, 1.54) is 4.90 Å². The molecule has 1 rings (SSSR count). The highest BCUT2D eigenvalue weighted by Crippen LogP contribution is 2.24. The monoisotopic (exact) mass is 238 g/mol. The first-order valence-electron chi connectivity index (χ1n) is 5.43. The zero-order valence-electron chi connectivity index (χ0n) is 10.7. The Kier molecular flexibility index (Phi) is 3.37. The second kappa shape index (κ2) is 4.28. The van der Waals surface area contributed by atoms with E-state index in [-0.39, 0.29) is 19.1 Å². The minimum atomic E-state index is -1.03. The molecule has 17 heavy (non-hydrogen) atoms. The molecule has 0 spiro atoms. The molecule has 1 N–H and O–H groups in total. The van der Waals surface area contributed by atoms with Gasteiger partial charge in [-0.25, -0.2) is 9.59 Å². The lowest BCUT2D eigenvalue weighted by Gasteiger charge is -2.32. The summed E-state index contributed by atoms with van der Waals surface area (Å²) >= 11 is 0. The van der Waals surface area contributed by atoms with Gasteiger partial charge < -0.3 is 10.1 Å². The molecule has 0 aromatic carbocycles. The molecule has 0 radical (unpaired) electrons. The molecule has 1 unspecified atom stereocenters. The lowest BCUT2D eigenvalue weighted by Crippen LogP contribution is -2.53. The predicted molar refractivity (Wildman–Crippen MR) is 63.2 cm³/mol. The van der Waals surface area contributed by atoms with Crippen molar-refractivity contribution < 1.29 is 14.3 Å². The van der Waals surface area contributed by atoms with Gasteiger partial charge >= 0.3 is 12.0 Å². The summed E-state index contributed by atoms with van der Waals surface area (Å²) in [5, 5.41) is 2.60. The summed E-state index contributed by atoms with van der Waals surface area (Å²) in [6.07, 6.45) is 5.20. The molecule has 94 valence electrons. The van der Waals surface area contributed by atoms with Crippen LogP contribution in [0.1, 0.15) is 27.7 Å². The molecule has 0 saturated carbocycles. The molecular formula is C12H18N2O3. The Hall–Kier alpha value is -1.70. The number of nitrogens with one attached hydrogen (secondary N) is 1. The molecule has 1 atom stereocenters. The van der Waals surface area contributed by atoms with E-state index in [1.807, 2.05) is 0 Å². The van der Waals surface area contributed by atoms with E-state index in [9.17, 15) is 9.59 Å². The van der Waals surface area contributed by atoms with E-state index in [2.05, 4.69) is 11.2 Å². The van der Waals surface area contributed by atoms with E-state index in [0.717, 1.165) is 0 Å². The first-order valence-corrected chi connectivity index (χ1v) is 5.43. The molecule has 5 heteroatoms. The number of hydrogen-bond acceptors (Lipinski definition) is 3. The van der Waals surface area contributed by atoms with Crippen molar-refractivity contribution in [1.82, 2.24) is 10.2 Å². The fourth-order valence-corrected chi connectivity index (χ4v) is 1.57. The van der Waals surface area contributed by atoms with Gasteiger partial charge in [0.2, 0.25) is 0 Å². The van der Waals surface area contributed by atoms with E-state index < -0.39 is 17.1 Å². The highest BCUT2D eigenvalue weighted by Gasteiger charge is 2.49. The van der Waals surface area contributed by atoms with E-state index >= 15 is 0 Å². The van der Waals surface area contributed by atoms with Gasteiger partial charge in [0.15, 0.2) is 5.54 Å². The summed E-state index contributed by atoms with van der Waals surface area (Å²) in [6.45, 7) is 7.29. The van der Waals surface area contributed by atoms with Crippen LogP contribution in [0.15, 0.2) is 0 Å². The van der Waals surface area contributed by atoms with Gasteiger partial charge in [-0.15, -0.1) is 6.42 Å². The number of nitrogens with zero attached hydrogens (tertiary/aromatic N) is 1. The van der Waals surface area contributed by atoms with Crippen molar-refractivity contribution >= 4 is 12.0 Å². The summed E-state index contributed by atoms with van der Waals surface area (Å²) in [5.74, 6) is 1.92. The van der Waals surface area contributed by atoms with Gasteiger partial charge in [0.25, 0.3) is 0 Å². The second-order valence-electron chi connectivity index (χ2n) is 5.22. The van der Waals surface area contributed by atoms with E-state index in [1.54, 1.807) is 27.7 Å². The summed E-state index contributed by atoms with van der Waals surface area (Å²) in [6, 6.07) is -0.337. The molecule has 1 heterocycles. The zero-order chi connectivity index (χ0) is 13.3. The van der Waals surface area contributed by atoms with Crippen molar-refractivity contribution in [2.24, 2.45) is 0 Å². The van der Waals surface area contributed by atoms with Crippen LogP contribution in [-0.2, 0) is 9.53 Å². The summed E-state index contributed by atoms with van der Waals surface area (Å²) in [5.41, 5.74) is -1.62. The molecule has 1 saturated heterocycles. The van der Waals surface area contributed by atoms with Gasteiger partial charge in [0.1, 0.15) is 5.60 Å². The van der Waals surface area contributed by atoms with Crippen molar-refractivity contribution in [3.05, 3.63) is 0 Å². The molecule has 2 amide bonds. The first kappa shape index (κ1) is 13.4. The Bertz CT molecular complexity index is 378. The van der Waals surface area contributed by atoms with Gasteiger partial charge in [0, 0.05) is 0 Å². The molecule has 0 aromatic rings. The maximum Gasteiger partial charge on any atom is 0.334 e. The standard InChI is InChI=1S/C12H18N2O3/c1-6-7-14-10(16)13-8-12(14,5)9(15)17-11(2,3)4/h1H,7-8H2,2-5H3,(H,13,16). The normalized spacial score (nSPS) is 24.2. The van der Waals surface area contributed by atoms with Crippen LogP contribution in [-0.4, -0.2) is 41.1 Å². The minimum Gasteiger partial charge on any atom is -0.458 e. The minimum absolute atomic E-state index is 0.0849. The molecule has 5 nitrogen and oxygen atoms in total. The number of esters is 1. The number of terminal acetylenes is 1. The Morgan fingerprint density at radius 1 is 1.65 bits per heavy atom. The smallest absolute Gasteiger partial charge is 0.334 e. The molecular weight excluding hydrogens is 220 g/mol. The molecule has 0 aliphatic carbocycles. The molecule has 0 bridgehead atoms. The van der Waals surface area contributed by atoms with Crippen LogP contribution in [0.4, 0.5) is 4.79 Å². The van der Waals surface area contributed by atoms with Crippen LogP contribution < -0.4 is 5.32 Å². The SMILES string of the molecule is C#CCN1C(=O)NCC1(C)C(=O)OC(C)(C)C. The van der Waals surface area contributed by atoms with Crippen LogP contribution in [0.5, 0.6) is 0 Å². The lowest BCUT2D eigenvalue weighted by atomic mass is 10.0. The number of rotatable bonds is 2. The third kappa shape index (κ3) is 2.70. The van der Waals surface area contributed by atoms with Crippen LogP contribution in [0, 0.1) is 12.3 Å².